The van der Waals surface area contributed by atoms with Crippen LogP contribution in [0.25, 0.3) is 0 Å². The number of likely N-dealkylation sites (tertiary alicyclic amines) is 1. The first kappa shape index (κ1) is 11.7. The Balaban J connectivity index is 3.01. The zero-order valence-corrected chi connectivity index (χ0v) is 10.1. The molecule has 1 saturated heterocycles. The SMILES string of the molecule is CC1CCCN(C)C(C)(C(C)C)C1=O. The number of nitrogens with zero attached hydrogens (tertiary/aromatic N) is 1. The maximum absolute atomic E-state index is 12.3. The van der Waals surface area contributed by atoms with Crippen LogP contribution in [0.5, 0.6) is 0 Å². The number of hydrogen-bond donors (Lipinski definition) is 0. The smallest absolute Gasteiger partial charge is 0.155 e. The van der Waals surface area contributed by atoms with Gasteiger partial charge in [0.05, 0.1) is 5.54 Å². The Labute approximate surface area is 87.7 Å². The molecule has 82 valence electrons. The minimum Gasteiger partial charge on any atom is -0.297 e. The lowest BCUT2D eigenvalue weighted by atomic mass is 9.78. The maximum atomic E-state index is 12.3. The van der Waals surface area contributed by atoms with Crippen molar-refractivity contribution in [1.82, 2.24) is 4.90 Å². The van der Waals surface area contributed by atoms with E-state index < -0.39 is 0 Å². The van der Waals surface area contributed by atoms with Gasteiger partial charge in [0.1, 0.15) is 0 Å². The van der Waals surface area contributed by atoms with Crippen LogP contribution in [-0.4, -0.2) is 29.8 Å². The topological polar surface area (TPSA) is 20.3 Å². The lowest BCUT2D eigenvalue weighted by Gasteiger charge is -2.40. The molecular formula is C12H23NO. The van der Waals surface area contributed by atoms with E-state index >= 15 is 0 Å². The Morgan fingerprint density at radius 2 is 2.07 bits per heavy atom. The van der Waals surface area contributed by atoms with Crippen LogP contribution in [0, 0.1) is 11.8 Å². The van der Waals surface area contributed by atoms with Crippen molar-refractivity contribution in [3.63, 3.8) is 0 Å². The Morgan fingerprint density at radius 1 is 1.50 bits per heavy atom. The molecule has 0 bridgehead atoms. The molecule has 1 rings (SSSR count). The maximum Gasteiger partial charge on any atom is 0.155 e. The molecule has 0 N–H and O–H groups in total. The van der Waals surface area contributed by atoms with Gasteiger partial charge in [-0.25, -0.2) is 0 Å². The Morgan fingerprint density at radius 3 is 2.57 bits per heavy atom. The van der Waals surface area contributed by atoms with Crippen molar-refractivity contribution >= 4 is 5.78 Å². The fraction of sp³-hybridized carbons (Fsp3) is 0.917. The minimum atomic E-state index is -0.254. The molecule has 2 nitrogen and oxygen atoms in total. The molecule has 2 atom stereocenters. The van der Waals surface area contributed by atoms with Gasteiger partial charge in [-0.15, -0.1) is 0 Å². The number of carbonyl (C=O) groups excluding carboxylic acids is 1. The molecule has 1 heterocycles. The zero-order valence-electron chi connectivity index (χ0n) is 10.1. The van der Waals surface area contributed by atoms with Crippen LogP contribution < -0.4 is 0 Å². The molecule has 0 spiro atoms. The quantitative estimate of drug-likeness (QED) is 0.643. The van der Waals surface area contributed by atoms with E-state index in [1.165, 1.54) is 0 Å². The highest BCUT2D eigenvalue weighted by Gasteiger charge is 2.43. The molecule has 2 heteroatoms. The first-order valence-electron chi connectivity index (χ1n) is 5.66. The summed E-state index contributed by atoms with van der Waals surface area (Å²) >= 11 is 0. The third-order valence-corrected chi connectivity index (χ3v) is 3.99. The highest BCUT2D eigenvalue weighted by molar-refractivity contribution is 5.90. The van der Waals surface area contributed by atoms with Gasteiger partial charge in [-0.1, -0.05) is 20.8 Å². The van der Waals surface area contributed by atoms with Crippen molar-refractivity contribution in [2.45, 2.75) is 46.1 Å². The molecule has 0 radical (unpaired) electrons. The zero-order chi connectivity index (χ0) is 10.9. The Kier molecular flexibility index (Phi) is 3.36. The first-order chi connectivity index (χ1) is 6.40. The average molecular weight is 197 g/mol. The molecule has 0 aromatic carbocycles. The van der Waals surface area contributed by atoms with E-state index in [0.717, 1.165) is 19.4 Å². The summed E-state index contributed by atoms with van der Waals surface area (Å²) in [6.45, 7) is 9.51. The van der Waals surface area contributed by atoms with Gasteiger partial charge in [0, 0.05) is 5.92 Å². The monoisotopic (exact) mass is 197 g/mol. The van der Waals surface area contributed by atoms with Gasteiger partial charge in [-0.3, -0.25) is 9.69 Å². The number of ketones is 1. The highest BCUT2D eigenvalue weighted by atomic mass is 16.1. The van der Waals surface area contributed by atoms with Gasteiger partial charge < -0.3 is 0 Å². The summed E-state index contributed by atoms with van der Waals surface area (Å²) in [6.07, 6.45) is 2.19. The molecule has 1 aliphatic heterocycles. The number of hydrogen-bond acceptors (Lipinski definition) is 2. The largest absolute Gasteiger partial charge is 0.297 e. The lowest BCUT2D eigenvalue weighted by molar-refractivity contribution is -0.134. The molecule has 0 amide bonds. The predicted octanol–water partition coefficient (Wildman–Crippen LogP) is 2.33. The second-order valence-electron chi connectivity index (χ2n) is 5.13. The molecular weight excluding hydrogens is 174 g/mol. The molecule has 14 heavy (non-hydrogen) atoms. The van der Waals surface area contributed by atoms with Crippen LogP contribution in [0.1, 0.15) is 40.5 Å². The standard InChI is InChI=1S/C12H23NO/c1-9(2)12(4)11(14)10(3)7-6-8-13(12)5/h9-10H,6-8H2,1-5H3. The van der Waals surface area contributed by atoms with Gasteiger partial charge >= 0.3 is 0 Å². The minimum absolute atomic E-state index is 0.229. The molecule has 0 aromatic heterocycles. The number of Topliss-reactive ketones (excluding diaryl/α,β-unsaturated/α-hetero) is 1. The predicted molar refractivity (Wildman–Crippen MR) is 59.3 cm³/mol. The number of rotatable bonds is 1. The van der Waals surface area contributed by atoms with E-state index in [1.54, 1.807) is 0 Å². The third-order valence-electron chi connectivity index (χ3n) is 3.99. The van der Waals surface area contributed by atoms with Gasteiger partial charge in [0.15, 0.2) is 5.78 Å². The molecule has 0 saturated carbocycles. The van der Waals surface area contributed by atoms with Crippen molar-refractivity contribution in [3.8, 4) is 0 Å². The summed E-state index contributed by atoms with van der Waals surface area (Å²) in [5, 5.41) is 0. The molecule has 1 fully saturated rings. The van der Waals surface area contributed by atoms with Crippen LogP contribution in [0.3, 0.4) is 0 Å². The van der Waals surface area contributed by atoms with Crippen LogP contribution >= 0.6 is 0 Å². The molecule has 0 aromatic rings. The summed E-state index contributed by atoms with van der Waals surface area (Å²) in [6, 6.07) is 0. The molecule has 2 unspecified atom stereocenters. The first-order valence-corrected chi connectivity index (χ1v) is 5.66. The van der Waals surface area contributed by atoms with Crippen molar-refractivity contribution < 1.29 is 4.79 Å². The third kappa shape index (κ3) is 1.72. The van der Waals surface area contributed by atoms with E-state index in [1.807, 2.05) is 0 Å². The van der Waals surface area contributed by atoms with Crippen LogP contribution in [0.15, 0.2) is 0 Å². The highest BCUT2D eigenvalue weighted by Crippen LogP contribution is 2.32. The number of carbonyl (C=O) groups is 1. The normalized spacial score (nSPS) is 36.1. The van der Waals surface area contributed by atoms with Crippen LogP contribution in [-0.2, 0) is 4.79 Å². The van der Waals surface area contributed by atoms with Crippen molar-refractivity contribution in [2.24, 2.45) is 11.8 Å². The lowest BCUT2D eigenvalue weighted by Crippen LogP contribution is -2.54. The van der Waals surface area contributed by atoms with E-state index in [-0.39, 0.29) is 11.5 Å². The summed E-state index contributed by atoms with van der Waals surface area (Å²) in [7, 11) is 2.08. The van der Waals surface area contributed by atoms with Gasteiger partial charge in [-0.05, 0) is 39.3 Å². The van der Waals surface area contributed by atoms with E-state index in [4.69, 9.17) is 0 Å². The average Bonchev–Trinajstić information content (AvgIpc) is 2.21. The second-order valence-corrected chi connectivity index (χ2v) is 5.13. The molecule has 0 aliphatic carbocycles. The summed E-state index contributed by atoms with van der Waals surface area (Å²) in [5.41, 5.74) is -0.254. The van der Waals surface area contributed by atoms with Crippen LogP contribution in [0.4, 0.5) is 0 Å². The van der Waals surface area contributed by atoms with Gasteiger partial charge in [-0.2, -0.15) is 0 Å². The van der Waals surface area contributed by atoms with E-state index in [2.05, 4.69) is 39.6 Å². The number of likely N-dealkylation sites (N-methyl/N-ethyl adjacent to an activating group) is 1. The fourth-order valence-corrected chi connectivity index (χ4v) is 2.41. The van der Waals surface area contributed by atoms with Crippen molar-refractivity contribution in [2.75, 3.05) is 13.6 Å². The van der Waals surface area contributed by atoms with Gasteiger partial charge in [0.25, 0.3) is 0 Å². The Hall–Kier alpha value is -0.370. The summed E-state index contributed by atoms with van der Waals surface area (Å²) in [5.74, 6) is 1.04. The van der Waals surface area contributed by atoms with E-state index in [0.29, 0.717) is 11.7 Å². The summed E-state index contributed by atoms with van der Waals surface area (Å²) < 4.78 is 0. The second kappa shape index (κ2) is 4.01. The van der Waals surface area contributed by atoms with Crippen molar-refractivity contribution in [1.29, 1.82) is 0 Å². The van der Waals surface area contributed by atoms with Gasteiger partial charge in [0.2, 0.25) is 0 Å². The molecule has 1 aliphatic rings. The van der Waals surface area contributed by atoms with Crippen LogP contribution in [0.2, 0.25) is 0 Å². The fourth-order valence-electron chi connectivity index (χ4n) is 2.41. The van der Waals surface area contributed by atoms with E-state index in [9.17, 15) is 4.79 Å². The van der Waals surface area contributed by atoms with Crippen molar-refractivity contribution in [3.05, 3.63) is 0 Å². The summed E-state index contributed by atoms with van der Waals surface area (Å²) in [4.78, 5) is 14.5. The Bertz CT molecular complexity index is 224.